The Hall–Kier alpha value is -2.47. The van der Waals surface area contributed by atoms with E-state index in [1.165, 1.54) is 82.0 Å². The Kier molecular flexibility index (Phi) is 27.0. The molecule has 3 atom stereocenters. The summed E-state index contributed by atoms with van der Waals surface area (Å²) in [4.78, 5) is 61.0. The van der Waals surface area contributed by atoms with Crippen LogP contribution in [-0.2, 0) is 43.2 Å². The van der Waals surface area contributed by atoms with Crippen LogP contribution in [0, 0.1) is 5.92 Å². The minimum absolute atomic E-state index is 0.172. The van der Waals surface area contributed by atoms with Crippen LogP contribution >= 0.6 is 12.6 Å². The fraction of sp³-hybridized carbons (Fsp3) is 0.865. The highest BCUT2D eigenvalue weighted by molar-refractivity contribution is 7.80. The SMILES string of the molecule is CC(C)(C)OC(=O)N[C@@H](CCC(=O)C[C@@H](CS)C(=O)N[C@@H](COS(=O)(=O)O)C(=O)O)C(=O)OC(C)(C)C.CCCC[N+](CCCC)(CCCC)CCCC. The molecule has 0 aromatic heterocycles. The Balaban J connectivity index is 0. The van der Waals surface area contributed by atoms with E-state index in [2.05, 4.69) is 49.8 Å². The smallest absolute Gasteiger partial charge is 0.408 e. The number of esters is 1. The van der Waals surface area contributed by atoms with E-state index in [1.807, 2.05) is 5.32 Å². The summed E-state index contributed by atoms with van der Waals surface area (Å²) in [6.45, 7) is 23.7. The number of nitrogens with one attached hydrogen (secondary N) is 2. The Morgan fingerprint density at radius 3 is 1.54 bits per heavy atom. The number of carboxylic acids is 1. The number of thiol groups is 1. The van der Waals surface area contributed by atoms with Crippen LogP contribution in [0.1, 0.15) is 140 Å². The van der Waals surface area contributed by atoms with E-state index >= 15 is 0 Å². The molecule has 0 aliphatic rings. The van der Waals surface area contributed by atoms with Gasteiger partial charge in [0.15, 0.2) is 6.04 Å². The van der Waals surface area contributed by atoms with Crippen molar-refractivity contribution in [3.05, 3.63) is 0 Å². The van der Waals surface area contributed by atoms with Gasteiger partial charge in [0.05, 0.1) is 38.7 Å². The molecule has 4 N–H and O–H groups in total. The molecule has 0 saturated carbocycles. The first-order chi connectivity index (χ1) is 24.9. The fourth-order valence-electron chi connectivity index (χ4n) is 5.26. The van der Waals surface area contributed by atoms with Crippen LogP contribution in [0.5, 0.6) is 0 Å². The minimum Gasteiger partial charge on any atom is -0.480 e. The van der Waals surface area contributed by atoms with Gasteiger partial charge in [0, 0.05) is 18.6 Å². The Labute approximate surface area is 330 Å². The van der Waals surface area contributed by atoms with Gasteiger partial charge >= 0.3 is 28.4 Å². The Morgan fingerprint density at radius 2 is 1.19 bits per heavy atom. The largest absolute Gasteiger partial charge is 0.480 e. The number of carbonyl (C=O) groups excluding carboxylic acids is 4. The van der Waals surface area contributed by atoms with Crippen LogP contribution < -0.4 is 10.6 Å². The topological polar surface area (TPSA) is 212 Å². The number of alkyl carbamates (subject to hydrolysis) is 1. The summed E-state index contributed by atoms with van der Waals surface area (Å²) in [5, 5.41) is 13.5. The van der Waals surface area contributed by atoms with Crippen molar-refractivity contribution in [3.63, 3.8) is 0 Å². The molecule has 0 heterocycles. The number of quaternary nitrogens is 1. The molecule has 0 unspecified atom stereocenters. The summed E-state index contributed by atoms with van der Waals surface area (Å²) in [7, 11) is -4.95. The highest BCUT2D eigenvalue weighted by Gasteiger charge is 2.31. The van der Waals surface area contributed by atoms with Crippen molar-refractivity contribution in [2.24, 2.45) is 5.92 Å². The molecule has 0 aliphatic heterocycles. The van der Waals surface area contributed by atoms with Crippen LogP contribution in [0.3, 0.4) is 0 Å². The van der Waals surface area contributed by atoms with Crippen molar-refractivity contribution in [1.29, 1.82) is 0 Å². The van der Waals surface area contributed by atoms with Gasteiger partial charge in [-0.1, -0.05) is 53.4 Å². The highest BCUT2D eigenvalue weighted by Crippen LogP contribution is 2.17. The van der Waals surface area contributed by atoms with Crippen molar-refractivity contribution >= 4 is 52.8 Å². The van der Waals surface area contributed by atoms with Crippen LogP contribution in [0.2, 0.25) is 0 Å². The number of unbranched alkanes of at least 4 members (excludes halogenated alkanes) is 4. The third-order valence-electron chi connectivity index (χ3n) is 8.10. The van der Waals surface area contributed by atoms with Gasteiger partial charge in [-0.25, -0.2) is 18.6 Å². The van der Waals surface area contributed by atoms with Gasteiger partial charge in [-0.05, 0) is 73.6 Å². The third-order valence-corrected chi connectivity index (χ3v) is 8.98. The Morgan fingerprint density at radius 1 is 0.741 bits per heavy atom. The van der Waals surface area contributed by atoms with Crippen molar-refractivity contribution < 1.29 is 60.2 Å². The molecule has 0 bridgehead atoms. The van der Waals surface area contributed by atoms with Crippen molar-refractivity contribution in [3.8, 4) is 0 Å². The number of Topliss-reactive ketones (excluding diaryl/α,β-unsaturated/α-hetero) is 1. The summed E-state index contributed by atoms with van der Waals surface area (Å²) in [5.74, 6) is -5.15. The van der Waals surface area contributed by atoms with Crippen molar-refractivity contribution in [2.45, 2.75) is 163 Å². The molecule has 17 heteroatoms. The number of ketones is 1. The van der Waals surface area contributed by atoms with Crippen LogP contribution in [0.4, 0.5) is 4.79 Å². The molecule has 0 aromatic carbocycles. The first-order valence-electron chi connectivity index (χ1n) is 19.2. The molecule has 318 valence electrons. The van der Waals surface area contributed by atoms with E-state index in [0.717, 1.165) is 0 Å². The zero-order valence-electron chi connectivity index (χ0n) is 34.5. The monoisotopic (exact) mass is 814 g/mol. The fourth-order valence-corrected chi connectivity index (χ4v) is 5.86. The molecule has 0 fully saturated rings. The number of carboxylic acid groups (broad SMARTS) is 1. The normalized spacial score (nSPS) is 13.8. The van der Waals surface area contributed by atoms with Crippen LogP contribution in [0.15, 0.2) is 0 Å². The van der Waals surface area contributed by atoms with E-state index in [0.29, 0.717) is 0 Å². The average Bonchev–Trinajstić information content (AvgIpc) is 3.04. The molecule has 0 saturated heterocycles. The second kappa shape index (κ2) is 27.2. The molecule has 0 aromatic rings. The predicted octanol–water partition coefficient (Wildman–Crippen LogP) is 5.90. The van der Waals surface area contributed by atoms with Gasteiger partial charge in [0.2, 0.25) is 5.91 Å². The zero-order chi connectivity index (χ0) is 42.2. The first kappa shape index (κ1) is 53.6. The summed E-state index contributed by atoms with van der Waals surface area (Å²) in [6.07, 6.45) is 9.34. The second-order valence-corrected chi connectivity index (χ2v) is 17.1. The van der Waals surface area contributed by atoms with E-state index in [-0.39, 0.29) is 18.6 Å². The molecule has 0 radical (unpaired) electrons. The van der Waals surface area contributed by atoms with Gasteiger partial charge < -0.3 is 29.7 Å². The van der Waals surface area contributed by atoms with Gasteiger partial charge in [-0.15, -0.1) is 0 Å². The minimum atomic E-state index is -4.95. The average molecular weight is 815 g/mol. The number of amides is 2. The number of hydrogen-bond acceptors (Lipinski definition) is 11. The maximum atomic E-state index is 12.6. The number of hydrogen-bond donors (Lipinski definition) is 5. The predicted molar refractivity (Wildman–Crippen MR) is 212 cm³/mol. The van der Waals surface area contributed by atoms with E-state index in [4.69, 9.17) is 19.1 Å². The maximum Gasteiger partial charge on any atom is 0.408 e. The summed E-state index contributed by atoms with van der Waals surface area (Å²) in [5.41, 5.74) is -1.71. The lowest BCUT2D eigenvalue weighted by molar-refractivity contribution is -0.929. The lowest BCUT2D eigenvalue weighted by Crippen LogP contribution is -2.50. The summed E-state index contributed by atoms with van der Waals surface area (Å²) in [6, 6.07) is -3.06. The van der Waals surface area contributed by atoms with Crippen molar-refractivity contribution in [1.82, 2.24) is 10.6 Å². The van der Waals surface area contributed by atoms with Gasteiger partial charge in [-0.3, -0.25) is 14.1 Å². The molecule has 15 nitrogen and oxygen atoms in total. The second-order valence-electron chi connectivity index (χ2n) is 15.7. The van der Waals surface area contributed by atoms with Gasteiger partial charge in [-0.2, -0.15) is 21.0 Å². The Bertz CT molecular complexity index is 1200. The number of aliphatic carboxylic acids is 1. The van der Waals surface area contributed by atoms with E-state index in [1.54, 1.807) is 41.5 Å². The molecule has 0 rings (SSSR count). The highest BCUT2D eigenvalue weighted by atomic mass is 32.3. The van der Waals surface area contributed by atoms with Crippen LogP contribution in [0.25, 0.3) is 0 Å². The zero-order valence-corrected chi connectivity index (χ0v) is 36.2. The number of ether oxygens (including phenoxy) is 2. The van der Waals surface area contributed by atoms with Crippen molar-refractivity contribution in [2.75, 3.05) is 38.5 Å². The number of carbonyl (C=O) groups is 5. The molecular weight excluding hydrogens is 743 g/mol. The molecule has 54 heavy (non-hydrogen) atoms. The van der Waals surface area contributed by atoms with E-state index in [9.17, 15) is 32.4 Å². The molecule has 0 aliphatic carbocycles. The van der Waals surface area contributed by atoms with Gasteiger partial charge in [0.25, 0.3) is 0 Å². The number of nitrogens with zero attached hydrogens (tertiary/aromatic N) is 1. The third kappa shape index (κ3) is 28.0. The molecule has 2 amide bonds. The lowest BCUT2D eigenvalue weighted by atomic mass is 9.98. The quantitative estimate of drug-likeness (QED) is 0.0299. The lowest BCUT2D eigenvalue weighted by Gasteiger charge is -2.39. The standard InChI is InChI=1S/C21H36N2O12S2.C16H36N/c1-20(2,3)34-18(28)14(23-19(29)35-21(4,5)6)8-7-13(24)9-12(11-36)16(25)22-15(17(26)27)10-33-37(30,31)32;1-5-9-13-17(14-10-6-2,15-11-7-3)16-12-8-4/h12,14-15,36H,7-11H2,1-6H3,(H,22,25)(H,23,29)(H,26,27)(H,30,31,32);5-16H2,1-4H3/q;+1/t12-,14-,15-;/m0./s1. The van der Waals surface area contributed by atoms with E-state index < -0.39 is 82.4 Å². The van der Waals surface area contributed by atoms with Crippen LogP contribution in [-0.4, -0.2) is 114 Å². The molecule has 0 spiro atoms. The molecular formula is C37H72N3O12S2+. The first-order valence-corrected chi connectivity index (χ1v) is 21.2. The van der Waals surface area contributed by atoms with Gasteiger partial charge in [0.1, 0.15) is 23.0 Å². The maximum absolute atomic E-state index is 12.6. The summed E-state index contributed by atoms with van der Waals surface area (Å²) >= 11 is 4.00. The summed E-state index contributed by atoms with van der Waals surface area (Å²) < 4.78 is 45.8. The number of rotatable bonds is 26.